The molecule has 1 aromatic heterocycles. The molecule has 2 aromatic rings. The molecule has 1 atom stereocenters. The van der Waals surface area contributed by atoms with E-state index in [2.05, 4.69) is 64.6 Å². The molecule has 1 unspecified atom stereocenters. The predicted octanol–water partition coefficient (Wildman–Crippen LogP) is 4.08. The minimum absolute atomic E-state index is 0. The molecular weight excluding hydrogens is 447 g/mol. The number of nitrogens with one attached hydrogen (secondary N) is 1. The summed E-state index contributed by atoms with van der Waals surface area (Å²) in [4.78, 5) is 11.6. The number of benzene rings is 1. The molecule has 0 saturated carbocycles. The molecule has 27 heavy (non-hydrogen) atoms. The molecular formula is C22H31IN4. The van der Waals surface area contributed by atoms with Crippen LogP contribution < -0.4 is 5.32 Å². The summed E-state index contributed by atoms with van der Waals surface area (Å²) in [6.45, 7) is 8.04. The van der Waals surface area contributed by atoms with Gasteiger partial charge in [-0.05, 0) is 56.2 Å². The molecule has 0 spiro atoms. The van der Waals surface area contributed by atoms with E-state index in [0.717, 1.165) is 50.7 Å². The first kappa shape index (κ1) is 21.7. The fourth-order valence-corrected chi connectivity index (χ4v) is 3.50. The summed E-state index contributed by atoms with van der Waals surface area (Å²) < 4.78 is 0. The van der Waals surface area contributed by atoms with Gasteiger partial charge in [-0.25, -0.2) is 0 Å². The quantitative estimate of drug-likeness (QED) is 0.387. The van der Waals surface area contributed by atoms with Gasteiger partial charge in [0.1, 0.15) is 0 Å². The van der Waals surface area contributed by atoms with Crippen LogP contribution in [-0.2, 0) is 12.8 Å². The van der Waals surface area contributed by atoms with E-state index in [4.69, 9.17) is 4.99 Å². The zero-order chi connectivity index (χ0) is 18.2. The zero-order valence-electron chi connectivity index (χ0n) is 16.4. The molecule has 0 amide bonds. The highest BCUT2D eigenvalue weighted by atomic mass is 127. The van der Waals surface area contributed by atoms with E-state index in [1.165, 1.54) is 17.5 Å². The molecule has 4 nitrogen and oxygen atoms in total. The molecule has 1 aliphatic heterocycles. The third-order valence-corrected chi connectivity index (χ3v) is 4.92. The van der Waals surface area contributed by atoms with Crippen LogP contribution in [0.25, 0.3) is 0 Å². The van der Waals surface area contributed by atoms with Gasteiger partial charge in [0, 0.05) is 38.1 Å². The molecule has 1 fully saturated rings. The number of aliphatic imine (C=N–C) groups is 1. The van der Waals surface area contributed by atoms with E-state index < -0.39 is 0 Å². The summed E-state index contributed by atoms with van der Waals surface area (Å²) in [5.41, 5.74) is 3.75. The number of hydrogen-bond acceptors (Lipinski definition) is 2. The first-order chi connectivity index (χ1) is 12.7. The number of hydrogen-bond donors (Lipinski definition) is 1. The molecule has 1 N–H and O–H groups in total. The summed E-state index contributed by atoms with van der Waals surface area (Å²) >= 11 is 0. The Balaban J connectivity index is 0.00000261. The second-order valence-electron chi connectivity index (χ2n) is 7.08. The topological polar surface area (TPSA) is 40.5 Å². The zero-order valence-corrected chi connectivity index (χ0v) is 18.7. The molecule has 2 heterocycles. The Labute approximate surface area is 180 Å². The first-order valence-corrected chi connectivity index (χ1v) is 9.73. The van der Waals surface area contributed by atoms with Gasteiger partial charge >= 0.3 is 0 Å². The summed E-state index contributed by atoms with van der Waals surface area (Å²) in [5, 5.41) is 3.46. The van der Waals surface area contributed by atoms with Crippen molar-refractivity contribution in [2.75, 3.05) is 26.2 Å². The maximum absolute atomic E-state index is 4.86. The van der Waals surface area contributed by atoms with Gasteiger partial charge in [-0.2, -0.15) is 0 Å². The van der Waals surface area contributed by atoms with E-state index in [1.807, 2.05) is 13.1 Å². The SMILES string of the molecule is CCNC(=NCCc1ccc(C)nc1)N1CCC(Cc2ccccc2)C1.I. The van der Waals surface area contributed by atoms with Gasteiger partial charge in [-0.15, -0.1) is 24.0 Å². The number of aromatic nitrogens is 1. The van der Waals surface area contributed by atoms with Crippen molar-refractivity contribution in [1.29, 1.82) is 0 Å². The lowest BCUT2D eigenvalue weighted by Crippen LogP contribution is -2.40. The van der Waals surface area contributed by atoms with E-state index in [0.29, 0.717) is 5.92 Å². The molecule has 0 bridgehead atoms. The minimum atomic E-state index is 0. The second kappa shape index (κ2) is 11.3. The van der Waals surface area contributed by atoms with Gasteiger partial charge < -0.3 is 10.2 Å². The summed E-state index contributed by atoms with van der Waals surface area (Å²) in [6, 6.07) is 15.0. The summed E-state index contributed by atoms with van der Waals surface area (Å²) in [5.74, 6) is 1.77. The van der Waals surface area contributed by atoms with Crippen molar-refractivity contribution in [3.05, 3.63) is 65.5 Å². The molecule has 0 aliphatic carbocycles. The fourth-order valence-electron chi connectivity index (χ4n) is 3.50. The van der Waals surface area contributed by atoms with Crippen LogP contribution in [0.2, 0.25) is 0 Å². The third-order valence-electron chi connectivity index (χ3n) is 4.92. The van der Waals surface area contributed by atoms with Crippen molar-refractivity contribution < 1.29 is 0 Å². The molecule has 5 heteroatoms. The Hall–Kier alpha value is -1.63. The number of rotatable bonds is 6. The number of likely N-dealkylation sites (tertiary alicyclic amines) is 1. The highest BCUT2D eigenvalue weighted by Gasteiger charge is 2.24. The standard InChI is InChI=1S/C22H30N4.HI/c1-3-23-22(24-13-11-20-10-9-18(2)25-16-20)26-14-12-21(17-26)15-19-7-5-4-6-8-19;/h4-10,16,21H,3,11-15,17H2,1-2H3,(H,23,24);1H. The molecule has 0 radical (unpaired) electrons. The van der Waals surface area contributed by atoms with Crippen molar-refractivity contribution in [3.8, 4) is 0 Å². The first-order valence-electron chi connectivity index (χ1n) is 9.73. The van der Waals surface area contributed by atoms with Crippen molar-refractivity contribution in [3.63, 3.8) is 0 Å². The Kier molecular flexibility index (Phi) is 9.04. The van der Waals surface area contributed by atoms with E-state index in [1.54, 1.807) is 0 Å². The van der Waals surface area contributed by atoms with E-state index in [9.17, 15) is 0 Å². The summed E-state index contributed by atoms with van der Waals surface area (Å²) in [6.07, 6.45) is 5.29. The maximum Gasteiger partial charge on any atom is 0.193 e. The lowest BCUT2D eigenvalue weighted by Gasteiger charge is -2.21. The van der Waals surface area contributed by atoms with Crippen molar-refractivity contribution >= 4 is 29.9 Å². The highest BCUT2D eigenvalue weighted by molar-refractivity contribution is 14.0. The van der Waals surface area contributed by atoms with Crippen molar-refractivity contribution in [1.82, 2.24) is 15.2 Å². The van der Waals surface area contributed by atoms with Crippen LogP contribution in [0.3, 0.4) is 0 Å². The molecule has 3 rings (SSSR count). The normalized spacial score (nSPS) is 16.9. The van der Waals surface area contributed by atoms with E-state index >= 15 is 0 Å². The number of nitrogens with zero attached hydrogens (tertiary/aromatic N) is 3. The maximum atomic E-state index is 4.86. The average molecular weight is 478 g/mol. The van der Waals surface area contributed by atoms with Gasteiger partial charge in [-0.1, -0.05) is 36.4 Å². The lowest BCUT2D eigenvalue weighted by atomic mass is 9.99. The van der Waals surface area contributed by atoms with Gasteiger partial charge in [0.2, 0.25) is 0 Å². The number of guanidine groups is 1. The Bertz CT molecular complexity index is 700. The van der Waals surface area contributed by atoms with Crippen LogP contribution >= 0.6 is 24.0 Å². The number of pyridine rings is 1. The molecule has 1 saturated heterocycles. The average Bonchev–Trinajstić information content (AvgIpc) is 3.12. The smallest absolute Gasteiger partial charge is 0.193 e. The van der Waals surface area contributed by atoms with Crippen LogP contribution in [0.1, 0.15) is 30.2 Å². The van der Waals surface area contributed by atoms with E-state index in [-0.39, 0.29) is 24.0 Å². The fraction of sp³-hybridized carbons (Fsp3) is 0.455. The molecule has 1 aliphatic rings. The molecule has 146 valence electrons. The largest absolute Gasteiger partial charge is 0.357 e. The Morgan fingerprint density at radius 3 is 2.70 bits per heavy atom. The van der Waals surface area contributed by atoms with Crippen LogP contribution in [0, 0.1) is 12.8 Å². The Morgan fingerprint density at radius 1 is 1.19 bits per heavy atom. The van der Waals surface area contributed by atoms with Crippen LogP contribution in [-0.4, -0.2) is 42.0 Å². The van der Waals surface area contributed by atoms with Crippen LogP contribution in [0.4, 0.5) is 0 Å². The molecule has 1 aromatic carbocycles. The van der Waals surface area contributed by atoms with Gasteiger partial charge in [0.05, 0.1) is 0 Å². The lowest BCUT2D eigenvalue weighted by molar-refractivity contribution is 0.460. The third kappa shape index (κ3) is 6.79. The number of aryl methyl sites for hydroxylation is 1. The van der Waals surface area contributed by atoms with Gasteiger partial charge in [0.15, 0.2) is 5.96 Å². The number of halogens is 1. The van der Waals surface area contributed by atoms with Crippen molar-refractivity contribution in [2.45, 2.75) is 33.1 Å². The van der Waals surface area contributed by atoms with Gasteiger partial charge in [-0.3, -0.25) is 9.98 Å². The predicted molar refractivity (Wildman–Crippen MR) is 124 cm³/mol. The Morgan fingerprint density at radius 2 is 2.00 bits per heavy atom. The van der Waals surface area contributed by atoms with Crippen molar-refractivity contribution in [2.24, 2.45) is 10.9 Å². The van der Waals surface area contributed by atoms with Gasteiger partial charge in [0.25, 0.3) is 0 Å². The highest BCUT2D eigenvalue weighted by Crippen LogP contribution is 2.21. The monoisotopic (exact) mass is 478 g/mol. The van der Waals surface area contributed by atoms with Crippen LogP contribution in [0.15, 0.2) is 53.7 Å². The summed E-state index contributed by atoms with van der Waals surface area (Å²) in [7, 11) is 0. The second-order valence-corrected chi connectivity index (χ2v) is 7.08. The van der Waals surface area contributed by atoms with Crippen LogP contribution in [0.5, 0.6) is 0 Å². The minimum Gasteiger partial charge on any atom is -0.357 e.